The molecule has 0 aromatic heterocycles. The first-order chi connectivity index (χ1) is 22.8. The van der Waals surface area contributed by atoms with Gasteiger partial charge in [0.2, 0.25) is 0 Å². The molecule has 0 aliphatic rings. The Kier molecular flexibility index (Phi) is 9.07. The third-order valence-electron chi connectivity index (χ3n) is 8.47. The molecule has 5 nitrogen and oxygen atoms in total. The van der Waals surface area contributed by atoms with E-state index in [2.05, 4.69) is 73.1 Å². The van der Waals surface area contributed by atoms with E-state index in [1.54, 1.807) is 0 Å². The first kappa shape index (κ1) is 31.2. The second kappa shape index (κ2) is 13.7. The third-order valence-corrected chi connectivity index (χ3v) is 8.47. The zero-order valence-electron chi connectivity index (χ0n) is 26.9. The normalized spacial score (nSPS) is 11.1. The van der Waals surface area contributed by atoms with E-state index in [9.17, 15) is 9.90 Å². The van der Waals surface area contributed by atoms with Crippen LogP contribution in [0.2, 0.25) is 0 Å². The molecule has 0 bridgehead atoms. The number of anilines is 6. The molecule has 6 aromatic rings. The SMILES string of the molecule is Cc1cccc(Nc2ccc(C(CC(=O)O)(c3ccc(Nc4cccc(C)c4)cc3)c3ccc(Nc4cccc(C)c4)cc3)cc2)c1. The molecule has 0 radical (unpaired) electrons. The van der Waals surface area contributed by atoms with Crippen LogP contribution < -0.4 is 16.0 Å². The van der Waals surface area contributed by atoms with Crippen molar-refractivity contribution in [2.24, 2.45) is 0 Å². The molecule has 234 valence electrons. The van der Waals surface area contributed by atoms with Gasteiger partial charge in [-0.25, -0.2) is 0 Å². The lowest BCUT2D eigenvalue weighted by molar-refractivity contribution is -0.137. The van der Waals surface area contributed by atoms with E-state index in [4.69, 9.17) is 0 Å². The fraction of sp³-hybridized carbons (Fsp3) is 0.119. The maximum absolute atomic E-state index is 12.7. The number of aryl methyl sites for hydroxylation is 3. The van der Waals surface area contributed by atoms with Gasteiger partial charge in [-0.3, -0.25) is 4.79 Å². The van der Waals surface area contributed by atoms with Gasteiger partial charge in [0, 0.05) is 34.1 Å². The van der Waals surface area contributed by atoms with Crippen LogP contribution in [-0.2, 0) is 10.2 Å². The van der Waals surface area contributed by atoms with Crippen molar-refractivity contribution in [3.63, 3.8) is 0 Å². The predicted octanol–water partition coefficient (Wildman–Crippen LogP) is 10.7. The molecule has 0 amide bonds. The lowest BCUT2D eigenvalue weighted by atomic mass is 9.67. The van der Waals surface area contributed by atoms with Gasteiger partial charge in [0.15, 0.2) is 0 Å². The standard InChI is InChI=1S/C42H39N3O2/c1-29-7-4-10-38(25-29)43-35-19-13-32(14-20-35)42(28-41(46)47,33-15-21-36(22-16-33)44-39-11-5-8-30(2)26-39)34-17-23-37(24-18-34)45-40-12-6-9-31(3)27-40/h4-27,43-45H,28H2,1-3H3,(H,46,47). The van der Waals surface area contributed by atoms with E-state index in [1.165, 1.54) is 16.7 Å². The van der Waals surface area contributed by atoms with E-state index in [0.717, 1.165) is 50.8 Å². The summed E-state index contributed by atoms with van der Waals surface area (Å²) in [6.45, 7) is 6.20. The van der Waals surface area contributed by atoms with Crippen molar-refractivity contribution < 1.29 is 9.90 Å². The Hall–Kier alpha value is -5.81. The van der Waals surface area contributed by atoms with Crippen molar-refractivity contribution >= 4 is 40.1 Å². The van der Waals surface area contributed by atoms with E-state index in [0.29, 0.717) is 0 Å². The van der Waals surface area contributed by atoms with Gasteiger partial charge in [-0.1, -0.05) is 72.8 Å². The summed E-state index contributed by atoms with van der Waals surface area (Å²) in [7, 11) is 0. The number of hydrogen-bond donors (Lipinski definition) is 4. The molecule has 0 aliphatic carbocycles. The summed E-state index contributed by atoms with van der Waals surface area (Å²) >= 11 is 0. The Labute approximate surface area is 277 Å². The van der Waals surface area contributed by atoms with Crippen molar-refractivity contribution in [1.82, 2.24) is 0 Å². The molecule has 0 saturated heterocycles. The second-order valence-corrected chi connectivity index (χ2v) is 12.2. The lowest BCUT2D eigenvalue weighted by Gasteiger charge is -2.35. The average Bonchev–Trinajstić information content (AvgIpc) is 3.05. The summed E-state index contributed by atoms with van der Waals surface area (Å²) in [6.07, 6.45) is -0.118. The Morgan fingerprint density at radius 2 is 0.766 bits per heavy atom. The van der Waals surface area contributed by atoms with Crippen LogP contribution in [0.25, 0.3) is 0 Å². The highest BCUT2D eigenvalue weighted by Gasteiger charge is 2.39. The lowest BCUT2D eigenvalue weighted by Crippen LogP contribution is -2.32. The molecule has 0 spiro atoms. The van der Waals surface area contributed by atoms with E-state index in [1.807, 2.05) is 109 Å². The molecule has 0 fully saturated rings. The molecule has 5 heteroatoms. The van der Waals surface area contributed by atoms with Crippen molar-refractivity contribution in [1.29, 1.82) is 0 Å². The van der Waals surface area contributed by atoms with Gasteiger partial charge in [-0.15, -0.1) is 0 Å². The van der Waals surface area contributed by atoms with Crippen molar-refractivity contribution in [3.05, 3.63) is 179 Å². The van der Waals surface area contributed by atoms with Gasteiger partial charge >= 0.3 is 5.97 Å². The highest BCUT2D eigenvalue weighted by Crippen LogP contribution is 2.44. The zero-order chi connectivity index (χ0) is 32.8. The Morgan fingerprint density at radius 3 is 1.02 bits per heavy atom. The molecule has 0 unspecified atom stereocenters. The number of rotatable bonds is 11. The van der Waals surface area contributed by atoms with E-state index < -0.39 is 11.4 Å². The number of hydrogen-bond acceptors (Lipinski definition) is 4. The van der Waals surface area contributed by atoms with E-state index >= 15 is 0 Å². The summed E-state index contributed by atoms with van der Waals surface area (Å²) in [4.78, 5) is 12.7. The fourth-order valence-corrected chi connectivity index (χ4v) is 6.22. The topological polar surface area (TPSA) is 73.4 Å². The van der Waals surface area contributed by atoms with Gasteiger partial charge in [0.1, 0.15) is 0 Å². The smallest absolute Gasteiger partial charge is 0.304 e. The third kappa shape index (κ3) is 7.37. The maximum Gasteiger partial charge on any atom is 0.304 e. The molecule has 0 heterocycles. The minimum absolute atomic E-state index is 0.118. The number of aliphatic carboxylic acids is 1. The molecular weight excluding hydrogens is 578 g/mol. The number of carboxylic acids is 1. The summed E-state index contributed by atoms with van der Waals surface area (Å²) in [5, 5.41) is 20.9. The van der Waals surface area contributed by atoms with E-state index in [-0.39, 0.29) is 6.42 Å². The number of benzene rings is 6. The summed E-state index contributed by atoms with van der Waals surface area (Å²) in [6, 6.07) is 49.1. The average molecular weight is 618 g/mol. The van der Waals surface area contributed by atoms with Crippen LogP contribution in [0.15, 0.2) is 146 Å². The van der Waals surface area contributed by atoms with Crippen LogP contribution in [-0.4, -0.2) is 11.1 Å². The van der Waals surface area contributed by atoms with Crippen LogP contribution in [0.1, 0.15) is 39.8 Å². The molecular formula is C42H39N3O2. The number of carboxylic acid groups (broad SMARTS) is 1. The highest BCUT2D eigenvalue weighted by molar-refractivity contribution is 5.74. The first-order valence-corrected chi connectivity index (χ1v) is 15.8. The minimum Gasteiger partial charge on any atom is -0.481 e. The summed E-state index contributed by atoms with van der Waals surface area (Å²) in [5.41, 5.74) is 11.1. The summed E-state index contributed by atoms with van der Waals surface area (Å²) in [5.74, 6) is -0.879. The Morgan fingerprint density at radius 1 is 0.468 bits per heavy atom. The molecule has 47 heavy (non-hydrogen) atoms. The fourth-order valence-electron chi connectivity index (χ4n) is 6.22. The van der Waals surface area contributed by atoms with Crippen LogP contribution >= 0.6 is 0 Å². The Balaban J connectivity index is 1.40. The van der Waals surface area contributed by atoms with Gasteiger partial charge in [0.05, 0.1) is 11.8 Å². The molecule has 0 aliphatic heterocycles. The van der Waals surface area contributed by atoms with Crippen LogP contribution in [0.4, 0.5) is 34.1 Å². The van der Waals surface area contributed by atoms with Crippen molar-refractivity contribution in [2.75, 3.05) is 16.0 Å². The monoisotopic (exact) mass is 617 g/mol. The number of carbonyl (C=O) groups is 1. The van der Waals surface area contributed by atoms with Crippen LogP contribution in [0.5, 0.6) is 0 Å². The molecule has 0 atom stereocenters. The van der Waals surface area contributed by atoms with Crippen LogP contribution in [0, 0.1) is 20.8 Å². The van der Waals surface area contributed by atoms with Crippen LogP contribution in [0.3, 0.4) is 0 Å². The summed E-state index contributed by atoms with van der Waals surface area (Å²) < 4.78 is 0. The Bertz CT molecular complexity index is 1760. The van der Waals surface area contributed by atoms with Gasteiger partial charge in [-0.2, -0.15) is 0 Å². The van der Waals surface area contributed by atoms with Gasteiger partial charge < -0.3 is 21.1 Å². The molecule has 0 saturated carbocycles. The number of nitrogens with one attached hydrogen (secondary N) is 3. The predicted molar refractivity (Wildman–Crippen MR) is 195 cm³/mol. The molecule has 4 N–H and O–H groups in total. The highest BCUT2D eigenvalue weighted by atomic mass is 16.4. The first-order valence-electron chi connectivity index (χ1n) is 15.8. The van der Waals surface area contributed by atoms with Crippen molar-refractivity contribution in [3.8, 4) is 0 Å². The largest absolute Gasteiger partial charge is 0.481 e. The van der Waals surface area contributed by atoms with Gasteiger partial charge in [0.25, 0.3) is 0 Å². The zero-order valence-corrected chi connectivity index (χ0v) is 26.9. The van der Waals surface area contributed by atoms with Crippen molar-refractivity contribution in [2.45, 2.75) is 32.6 Å². The minimum atomic E-state index is -0.947. The molecule has 6 aromatic carbocycles. The van der Waals surface area contributed by atoms with Gasteiger partial charge in [-0.05, 0) is 127 Å². The maximum atomic E-state index is 12.7. The quantitative estimate of drug-likeness (QED) is 0.109. The second-order valence-electron chi connectivity index (χ2n) is 12.2. The molecule has 6 rings (SSSR count).